The molecule has 13 heavy (non-hydrogen) atoms. The maximum Gasteiger partial charge on any atom is 0.105 e. The Morgan fingerprint density at radius 1 is 1.15 bits per heavy atom. The monoisotopic (exact) mass is 176 g/mol. The minimum absolute atomic E-state index is 0.0419. The van der Waals surface area contributed by atoms with Gasteiger partial charge in [-0.2, -0.15) is 0 Å². The molecule has 0 unspecified atom stereocenters. The first-order chi connectivity index (χ1) is 6.09. The minimum Gasteiger partial charge on any atom is -0.260 e. The van der Waals surface area contributed by atoms with Crippen molar-refractivity contribution in [2.24, 2.45) is 0 Å². The third-order valence-corrected chi connectivity index (χ3v) is 1.98. The average molecular weight is 176 g/mol. The van der Waals surface area contributed by atoms with Crippen LogP contribution in [0.4, 0.5) is 0 Å². The zero-order valence-electron chi connectivity index (χ0n) is 8.02. The molecular formula is C9H12N4. The summed E-state index contributed by atoms with van der Waals surface area (Å²) in [5.74, 6) is 0. The van der Waals surface area contributed by atoms with Gasteiger partial charge < -0.3 is 0 Å². The van der Waals surface area contributed by atoms with E-state index < -0.39 is 0 Å². The lowest BCUT2D eigenvalue weighted by atomic mass is 9.92. The quantitative estimate of drug-likeness (QED) is 0.609. The van der Waals surface area contributed by atoms with Gasteiger partial charge in [0.05, 0.1) is 18.1 Å². The molecule has 0 spiro atoms. The summed E-state index contributed by atoms with van der Waals surface area (Å²) in [5.41, 5.74) is 2.05. The molecule has 4 heteroatoms. The van der Waals surface area contributed by atoms with Crippen LogP contribution in [0.3, 0.4) is 0 Å². The van der Waals surface area contributed by atoms with Gasteiger partial charge in [-0.15, -0.1) is 5.10 Å². The second-order valence-electron chi connectivity index (χ2n) is 4.11. The van der Waals surface area contributed by atoms with Crippen molar-refractivity contribution in [3.63, 3.8) is 0 Å². The lowest BCUT2D eigenvalue weighted by molar-refractivity contribution is 0.540. The molecule has 0 aliphatic rings. The molecule has 0 saturated carbocycles. The summed E-state index contributed by atoms with van der Waals surface area (Å²) in [4.78, 5) is 4.15. The van der Waals surface area contributed by atoms with Gasteiger partial charge in [0.2, 0.25) is 0 Å². The molecule has 0 aromatic carbocycles. The van der Waals surface area contributed by atoms with E-state index in [1.54, 1.807) is 12.4 Å². The first-order valence-corrected chi connectivity index (χ1v) is 4.24. The van der Waals surface area contributed by atoms with E-state index in [0.717, 1.165) is 11.2 Å². The molecule has 68 valence electrons. The predicted molar refractivity (Wildman–Crippen MR) is 49.5 cm³/mol. The molecule has 2 aromatic rings. The molecule has 0 amide bonds. The molecular weight excluding hydrogens is 164 g/mol. The first kappa shape index (κ1) is 8.16. The molecule has 2 heterocycles. The standard InChI is InChI=1S/C9H12N4/c1-9(2,3)8-6-10-4-7-5-11-12-13(7)8/h4-6H,1-3H3. The van der Waals surface area contributed by atoms with Gasteiger partial charge >= 0.3 is 0 Å². The van der Waals surface area contributed by atoms with E-state index in [2.05, 4.69) is 36.1 Å². The summed E-state index contributed by atoms with van der Waals surface area (Å²) < 4.78 is 1.83. The number of rotatable bonds is 0. The molecule has 4 nitrogen and oxygen atoms in total. The summed E-state index contributed by atoms with van der Waals surface area (Å²) in [6.45, 7) is 6.39. The van der Waals surface area contributed by atoms with Crippen molar-refractivity contribution in [3.05, 3.63) is 24.3 Å². The van der Waals surface area contributed by atoms with Gasteiger partial charge in [-0.1, -0.05) is 26.0 Å². The Balaban J connectivity index is 2.75. The van der Waals surface area contributed by atoms with E-state index in [4.69, 9.17) is 0 Å². The lowest BCUT2D eigenvalue weighted by Crippen LogP contribution is -2.17. The normalized spacial score (nSPS) is 12.2. The van der Waals surface area contributed by atoms with Crippen LogP contribution in [0.25, 0.3) is 5.52 Å². The Morgan fingerprint density at radius 2 is 1.92 bits per heavy atom. The molecule has 0 aliphatic carbocycles. The van der Waals surface area contributed by atoms with Crippen LogP contribution in [0, 0.1) is 0 Å². The topological polar surface area (TPSA) is 43.1 Å². The SMILES string of the molecule is CC(C)(C)c1cncc2cnnn12. The minimum atomic E-state index is 0.0419. The van der Waals surface area contributed by atoms with E-state index in [0.29, 0.717) is 0 Å². The van der Waals surface area contributed by atoms with Crippen LogP contribution in [0.1, 0.15) is 26.5 Å². The molecule has 0 bridgehead atoms. The second-order valence-corrected chi connectivity index (χ2v) is 4.11. The van der Waals surface area contributed by atoms with E-state index in [1.807, 2.05) is 10.7 Å². The van der Waals surface area contributed by atoms with Gasteiger partial charge in [0, 0.05) is 11.6 Å². The Bertz CT molecular complexity index is 424. The van der Waals surface area contributed by atoms with Crippen molar-refractivity contribution < 1.29 is 0 Å². The zero-order valence-corrected chi connectivity index (χ0v) is 8.02. The Kier molecular flexibility index (Phi) is 1.58. The molecule has 0 radical (unpaired) electrons. The van der Waals surface area contributed by atoms with Crippen LogP contribution >= 0.6 is 0 Å². The van der Waals surface area contributed by atoms with Crippen molar-refractivity contribution >= 4 is 5.52 Å². The summed E-state index contributed by atoms with van der Waals surface area (Å²) >= 11 is 0. The van der Waals surface area contributed by atoms with Crippen LogP contribution in [0.5, 0.6) is 0 Å². The Morgan fingerprint density at radius 3 is 2.62 bits per heavy atom. The molecule has 2 aromatic heterocycles. The van der Waals surface area contributed by atoms with E-state index in [-0.39, 0.29) is 5.41 Å². The van der Waals surface area contributed by atoms with Crippen LogP contribution in [-0.2, 0) is 5.41 Å². The summed E-state index contributed by atoms with van der Waals surface area (Å²) in [7, 11) is 0. The number of hydrogen-bond acceptors (Lipinski definition) is 3. The van der Waals surface area contributed by atoms with E-state index >= 15 is 0 Å². The molecule has 0 aliphatic heterocycles. The summed E-state index contributed by atoms with van der Waals surface area (Å²) in [5, 5.41) is 7.86. The van der Waals surface area contributed by atoms with Crippen LogP contribution in [0.2, 0.25) is 0 Å². The number of aromatic nitrogens is 4. The van der Waals surface area contributed by atoms with Crippen LogP contribution in [-0.4, -0.2) is 19.8 Å². The highest BCUT2D eigenvalue weighted by Gasteiger charge is 2.18. The van der Waals surface area contributed by atoms with Gasteiger partial charge in [0.25, 0.3) is 0 Å². The third kappa shape index (κ3) is 1.28. The van der Waals surface area contributed by atoms with Crippen molar-refractivity contribution in [1.82, 2.24) is 19.8 Å². The van der Waals surface area contributed by atoms with Crippen molar-refractivity contribution in [1.29, 1.82) is 0 Å². The van der Waals surface area contributed by atoms with E-state index in [1.165, 1.54) is 0 Å². The van der Waals surface area contributed by atoms with E-state index in [9.17, 15) is 0 Å². The number of fused-ring (bicyclic) bond motifs is 1. The fraction of sp³-hybridized carbons (Fsp3) is 0.444. The third-order valence-electron chi connectivity index (χ3n) is 1.98. The van der Waals surface area contributed by atoms with Crippen molar-refractivity contribution in [3.8, 4) is 0 Å². The van der Waals surface area contributed by atoms with Crippen molar-refractivity contribution in [2.45, 2.75) is 26.2 Å². The maximum absolute atomic E-state index is 4.15. The van der Waals surface area contributed by atoms with Gasteiger partial charge in [0.15, 0.2) is 0 Å². The fourth-order valence-corrected chi connectivity index (χ4v) is 1.27. The fourth-order valence-electron chi connectivity index (χ4n) is 1.27. The average Bonchev–Trinajstić information content (AvgIpc) is 2.48. The second kappa shape index (κ2) is 2.52. The maximum atomic E-state index is 4.15. The van der Waals surface area contributed by atoms with Gasteiger partial charge in [0.1, 0.15) is 5.52 Å². The largest absolute Gasteiger partial charge is 0.260 e. The zero-order chi connectivity index (χ0) is 9.47. The summed E-state index contributed by atoms with van der Waals surface area (Å²) in [6.07, 6.45) is 5.30. The van der Waals surface area contributed by atoms with Crippen LogP contribution in [0.15, 0.2) is 18.6 Å². The molecule has 2 rings (SSSR count). The predicted octanol–water partition coefficient (Wildman–Crippen LogP) is 1.42. The van der Waals surface area contributed by atoms with Gasteiger partial charge in [-0.05, 0) is 0 Å². The molecule has 0 fully saturated rings. The highest BCUT2D eigenvalue weighted by Crippen LogP contribution is 2.20. The van der Waals surface area contributed by atoms with Gasteiger partial charge in [-0.3, -0.25) is 4.98 Å². The first-order valence-electron chi connectivity index (χ1n) is 4.24. The van der Waals surface area contributed by atoms with Crippen LogP contribution < -0.4 is 0 Å². The van der Waals surface area contributed by atoms with Crippen molar-refractivity contribution in [2.75, 3.05) is 0 Å². The number of hydrogen-bond donors (Lipinski definition) is 0. The highest BCUT2D eigenvalue weighted by molar-refractivity contribution is 5.41. The highest BCUT2D eigenvalue weighted by atomic mass is 15.4. The summed E-state index contributed by atoms with van der Waals surface area (Å²) in [6, 6.07) is 0. The number of nitrogens with zero attached hydrogens (tertiary/aromatic N) is 4. The molecule has 0 atom stereocenters. The Labute approximate surface area is 76.6 Å². The smallest absolute Gasteiger partial charge is 0.105 e. The Hall–Kier alpha value is -1.45. The lowest BCUT2D eigenvalue weighted by Gasteiger charge is -2.18. The van der Waals surface area contributed by atoms with Gasteiger partial charge in [-0.25, -0.2) is 4.52 Å². The molecule has 0 saturated heterocycles. The molecule has 0 N–H and O–H groups in total.